The molecule has 2 rings (SSSR count). The molecule has 3 N–H and O–H groups in total. The molecule has 1 atom stereocenters. The van der Waals surface area contributed by atoms with E-state index in [2.05, 4.69) is 10.6 Å². The molecule has 1 amide bonds. The Morgan fingerprint density at radius 2 is 2.25 bits per heavy atom. The van der Waals surface area contributed by atoms with Crippen LogP contribution in [0, 0.1) is 5.41 Å². The summed E-state index contributed by atoms with van der Waals surface area (Å²) in [5.74, 6) is 0.707. The van der Waals surface area contributed by atoms with E-state index < -0.39 is 11.4 Å². The minimum absolute atomic E-state index is 0.0717. The third-order valence-electron chi connectivity index (χ3n) is 3.40. The molecule has 0 radical (unpaired) electrons. The molecule has 5 nitrogen and oxygen atoms in total. The maximum absolute atomic E-state index is 11.7. The fourth-order valence-electron chi connectivity index (χ4n) is 2.01. The molecule has 1 aliphatic heterocycles. The molecular weight excluding hydrogens is 228 g/mol. The SMILES string of the molecule is O=C(NCC1(C(=O)O)CCC1)C1CSCN1. The van der Waals surface area contributed by atoms with Gasteiger partial charge in [-0.2, -0.15) is 0 Å². The lowest BCUT2D eigenvalue weighted by atomic mass is 9.69. The number of thioether (sulfide) groups is 1. The van der Waals surface area contributed by atoms with E-state index in [1.54, 1.807) is 11.8 Å². The number of carboxylic acids is 1. The van der Waals surface area contributed by atoms with Gasteiger partial charge in [0.1, 0.15) is 0 Å². The smallest absolute Gasteiger partial charge is 0.311 e. The van der Waals surface area contributed by atoms with E-state index in [4.69, 9.17) is 5.11 Å². The molecule has 0 spiro atoms. The summed E-state index contributed by atoms with van der Waals surface area (Å²) in [4.78, 5) is 22.7. The molecule has 90 valence electrons. The fourth-order valence-corrected chi connectivity index (χ4v) is 2.95. The summed E-state index contributed by atoms with van der Waals surface area (Å²) in [6.45, 7) is 0.268. The lowest BCUT2D eigenvalue weighted by molar-refractivity contribution is -0.154. The largest absolute Gasteiger partial charge is 0.481 e. The second kappa shape index (κ2) is 4.63. The van der Waals surface area contributed by atoms with Crippen LogP contribution in [0.15, 0.2) is 0 Å². The number of hydrogen-bond acceptors (Lipinski definition) is 4. The van der Waals surface area contributed by atoms with Crippen molar-refractivity contribution >= 4 is 23.6 Å². The molecule has 1 saturated carbocycles. The quantitative estimate of drug-likeness (QED) is 0.650. The Hall–Kier alpha value is -0.750. The van der Waals surface area contributed by atoms with Crippen molar-refractivity contribution in [2.45, 2.75) is 25.3 Å². The molecule has 0 aromatic rings. The van der Waals surface area contributed by atoms with Crippen molar-refractivity contribution in [3.8, 4) is 0 Å². The standard InChI is InChI=1S/C10H16N2O3S/c13-8(7-4-16-6-12-7)11-5-10(9(14)15)2-1-3-10/h7,12H,1-6H2,(H,11,13)(H,14,15). The average molecular weight is 244 g/mol. The molecule has 0 bridgehead atoms. The van der Waals surface area contributed by atoms with Gasteiger partial charge in [-0.15, -0.1) is 11.8 Å². The van der Waals surface area contributed by atoms with Crippen molar-refractivity contribution in [3.05, 3.63) is 0 Å². The Morgan fingerprint density at radius 1 is 1.50 bits per heavy atom. The fraction of sp³-hybridized carbons (Fsp3) is 0.800. The van der Waals surface area contributed by atoms with Gasteiger partial charge in [0, 0.05) is 18.2 Å². The molecule has 6 heteroatoms. The second-order valence-corrected chi connectivity index (χ2v) is 5.46. The topological polar surface area (TPSA) is 78.4 Å². The van der Waals surface area contributed by atoms with Crippen LogP contribution in [0.3, 0.4) is 0 Å². The third-order valence-corrected chi connectivity index (χ3v) is 4.34. The number of rotatable bonds is 4. The first-order valence-electron chi connectivity index (χ1n) is 5.46. The van der Waals surface area contributed by atoms with Gasteiger partial charge < -0.3 is 10.4 Å². The summed E-state index contributed by atoms with van der Waals surface area (Å²) in [6, 6.07) is -0.157. The van der Waals surface area contributed by atoms with Gasteiger partial charge in [-0.1, -0.05) is 6.42 Å². The average Bonchev–Trinajstić information content (AvgIpc) is 2.67. The number of aliphatic carboxylic acids is 1. The molecule has 1 saturated heterocycles. The number of carboxylic acid groups (broad SMARTS) is 1. The maximum atomic E-state index is 11.7. The van der Waals surface area contributed by atoms with Crippen LogP contribution >= 0.6 is 11.8 Å². The van der Waals surface area contributed by atoms with E-state index in [-0.39, 0.29) is 18.5 Å². The van der Waals surface area contributed by atoms with Gasteiger partial charge in [-0.05, 0) is 12.8 Å². The summed E-state index contributed by atoms with van der Waals surface area (Å²) in [7, 11) is 0. The van der Waals surface area contributed by atoms with Gasteiger partial charge in [0.15, 0.2) is 0 Å². The van der Waals surface area contributed by atoms with Gasteiger partial charge in [-0.25, -0.2) is 0 Å². The lowest BCUT2D eigenvalue weighted by Crippen LogP contribution is -2.51. The highest BCUT2D eigenvalue weighted by Crippen LogP contribution is 2.40. The molecule has 1 unspecified atom stereocenters. The molecule has 0 aromatic carbocycles. The van der Waals surface area contributed by atoms with E-state index >= 15 is 0 Å². The summed E-state index contributed by atoms with van der Waals surface area (Å²) >= 11 is 1.68. The number of carbonyl (C=O) groups is 2. The summed E-state index contributed by atoms with van der Waals surface area (Å²) < 4.78 is 0. The normalized spacial score (nSPS) is 27.1. The van der Waals surface area contributed by atoms with Crippen LogP contribution in [0.2, 0.25) is 0 Å². The molecule has 1 heterocycles. The zero-order chi connectivity index (χ0) is 11.6. The maximum Gasteiger partial charge on any atom is 0.311 e. The van der Waals surface area contributed by atoms with Crippen LogP contribution in [-0.4, -0.2) is 41.2 Å². The van der Waals surface area contributed by atoms with Crippen molar-refractivity contribution in [2.75, 3.05) is 18.2 Å². The van der Waals surface area contributed by atoms with Gasteiger partial charge >= 0.3 is 5.97 Å². The predicted molar refractivity (Wildman–Crippen MR) is 61.2 cm³/mol. The Morgan fingerprint density at radius 3 is 2.69 bits per heavy atom. The van der Waals surface area contributed by atoms with Crippen LogP contribution in [0.1, 0.15) is 19.3 Å². The first kappa shape index (κ1) is 11.7. The zero-order valence-corrected chi connectivity index (χ0v) is 9.81. The first-order valence-corrected chi connectivity index (χ1v) is 6.62. The summed E-state index contributed by atoms with van der Waals surface area (Å²) in [5.41, 5.74) is -0.693. The lowest BCUT2D eigenvalue weighted by Gasteiger charge is -2.37. The van der Waals surface area contributed by atoms with Crippen molar-refractivity contribution in [2.24, 2.45) is 5.41 Å². The number of carbonyl (C=O) groups excluding carboxylic acids is 1. The van der Waals surface area contributed by atoms with Crippen molar-refractivity contribution in [1.82, 2.24) is 10.6 Å². The van der Waals surface area contributed by atoms with Gasteiger partial charge in [0.05, 0.1) is 11.5 Å². The highest BCUT2D eigenvalue weighted by molar-refractivity contribution is 7.99. The third kappa shape index (κ3) is 2.17. The second-order valence-electron chi connectivity index (χ2n) is 4.43. The zero-order valence-electron chi connectivity index (χ0n) is 8.99. The van der Waals surface area contributed by atoms with E-state index in [9.17, 15) is 9.59 Å². The molecule has 2 aliphatic rings. The van der Waals surface area contributed by atoms with Crippen LogP contribution < -0.4 is 10.6 Å². The number of amides is 1. The molecule has 16 heavy (non-hydrogen) atoms. The van der Waals surface area contributed by atoms with Crippen LogP contribution in [0.25, 0.3) is 0 Å². The van der Waals surface area contributed by atoms with E-state index in [0.717, 1.165) is 18.1 Å². The Bertz CT molecular complexity index is 298. The molecule has 1 aliphatic carbocycles. The summed E-state index contributed by atoms with van der Waals surface area (Å²) in [5, 5.41) is 14.9. The highest BCUT2D eigenvalue weighted by Gasteiger charge is 2.44. The Balaban J connectivity index is 1.81. The van der Waals surface area contributed by atoms with Gasteiger partial charge in [-0.3, -0.25) is 14.9 Å². The van der Waals surface area contributed by atoms with Gasteiger partial charge in [0.2, 0.25) is 5.91 Å². The highest BCUT2D eigenvalue weighted by atomic mass is 32.2. The Kier molecular flexibility index (Phi) is 3.39. The van der Waals surface area contributed by atoms with Crippen LogP contribution in [0.5, 0.6) is 0 Å². The monoisotopic (exact) mass is 244 g/mol. The predicted octanol–water partition coefficient (Wildman–Crippen LogP) is 0.0200. The molecule has 2 fully saturated rings. The van der Waals surface area contributed by atoms with Crippen molar-refractivity contribution in [3.63, 3.8) is 0 Å². The minimum Gasteiger partial charge on any atom is -0.481 e. The van der Waals surface area contributed by atoms with Crippen LogP contribution in [-0.2, 0) is 9.59 Å². The van der Waals surface area contributed by atoms with Crippen molar-refractivity contribution < 1.29 is 14.7 Å². The van der Waals surface area contributed by atoms with E-state index in [0.29, 0.717) is 12.8 Å². The number of nitrogens with one attached hydrogen (secondary N) is 2. The van der Waals surface area contributed by atoms with E-state index in [1.807, 2.05) is 0 Å². The van der Waals surface area contributed by atoms with Crippen molar-refractivity contribution in [1.29, 1.82) is 0 Å². The number of hydrogen-bond donors (Lipinski definition) is 3. The summed E-state index contributed by atoms with van der Waals surface area (Å²) in [6.07, 6.45) is 2.30. The van der Waals surface area contributed by atoms with Crippen LogP contribution in [0.4, 0.5) is 0 Å². The van der Waals surface area contributed by atoms with Gasteiger partial charge in [0.25, 0.3) is 0 Å². The van der Waals surface area contributed by atoms with E-state index in [1.165, 1.54) is 0 Å². The first-order chi connectivity index (χ1) is 7.64. The molecule has 0 aromatic heterocycles. The minimum atomic E-state index is -0.784. The Labute approximate surface area is 98.4 Å². The molecular formula is C10H16N2O3S.